The van der Waals surface area contributed by atoms with Gasteiger partial charge in [0, 0.05) is 6.42 Å². The summed E-state index contributed by atoms with van der Waals surface area (Å²) < 4.78 is 10.5. The van der Waals surface area contributed by atoms with Gasteiger partial charge in [0.05, 0.1) is 12.8 Å². The van der Waals surface area contributed by atoms with Gasteiger partial charge in [-0.2, -0.15) is 15.0 Å². The van der Waals surface area contributed by atoms with Crippen LogP contribution in [0.3, 0.4) is 0 Å². The van der Waals surface area contributed by atoms with Crippen LogP contribution in [-0.4, -0.2) is 28.0 Å². The van der Waals surface area contributed by atoms with E-state index in [1.54, 1.807) is 7.11 Å². The van der Waals surface area contributed by atoms with Crippen LogP contribution >= 0.6 is 0 Å². The van der Waals surface area contributed by atoms with E-state index in [2.05, 4.69) is 34.1 Å². The number of carbonyl (C=O) groups excluding carboxylic acids is 1. The minimum Gasteiger partial charge on any atom is -0.495 e. The van der Waals surface area contributed by atoms with Crippen molar-refractivity contribution in [3.63, 3.8) is 0 Å². The van der Waals surface area contributed by atoms with Crippen LogP contribution in [0, 0.1) is 5.92 Å². The van der Waals surface area contributed by atoms with Crippen molar-refractivity contribution >= 4 is 23.6 Å². The number of rotatable bonds is 8. The molecule has 2 aromatic rings. The Morgan fingerprint density at radius 3 is 2.72 bits per heavy atom. The highest BCUT2D eigenvalue weighted by Gasteiger charge is 2.10. The molecule has 0 spiro atoms. The number of hydrogen-bond donors (Lipinski definition) is 2. The van der Waals surface area contributed by atoms with Crippen molar-refractivity contribution < 1.29 is 14.3 Å². The number of para-hydroxylation sites is 2. The van der Waals surface area contributed by atoms with E-state index < -0.39 is 0 Å². The molecule has 0 atom stereocenters. The summed E-state index contributed by atoms with van der Waals surface area (Å²) in [4.78, 5) is 24.0. The Kier molecular flexibility index (Phi) is 6.50. The maximum absolute atomic E-state index is 11.7. The van der Waals surface area contributed by atoms with Crippen molar-refractivity contribution in [2.45, 2.75) is 33.3 Å². The largest absolute Gasteiger partial charge is 0.495 e. The Morgan fingerprint density at radius 1 is 1.24 bits per heavy atom. The van der Waals surface area contributed by atoms with Gasteiger partial charge in [0.25, 0.3) is 0 Å². The average Bonchev–Trinajstić information content (AvgIpc) is 2.58. The second kappa shape index (κ2) is 8.81. The zero-order valence-corrected chi connectivity index (χ0v) is 14.7. The molecule has 3 N–H and O–H groups in total. The van der Waals surface area contributed by atoms with Gasteiger partial charge in [0.2, 0.25) is 11.9 Å². The predicted octanol–water partition coefficient (Wildman–Crippen LogP) is 2.69. The number of nitrogens with one attached hydrogen (secondary N) is 1. The van der Waals surface area contributed by atoms with E-state index in [-0.39, 0.29) is 30.3 Å². The Balaban J connectivity index is 2.03. The number of nitrogens with zero attached hydrogens (tertiary/aromatic N) is 3. The number of aromatic nitrogens is 3. The fourth-order valence-electron chi connectivity index (χ4n) is 2.05. The fourth-order valence-corrected chi connectivity index (χ4v) is 2.05. The molecule has 8 nitrogen and oxygen atoms in total. The van der Waals surface area contributed by atoms with Gasteiger partial charge < -0.3 is 20.5 Å². The van der Waals surface area contributed by atoms with Crippen molar-refractivity contribution in [2.75, 3.05) is 18.2 Å². The highest BCUT2D eigenvalue weighted by molar-refractivity contribution is 5.69. The van der Waals surface area contributed by atoms with Gasteiger partial charge in [-0.25, -0.2) is 0 Å². The topological polar surface area (TPSA) is 112 Å². The van der Waals surface area contributed by atoms with Crippen molar-refractivity contribution in [1.29, 1.82) is 0 Å². The Bertz CT molecular complexity index is 721. The molecule has 0 saturated heterocycles. The SMILES string of the molecule is COc1ccccc1Nc1nc(N)nc(COC(=O)CCC(C)C)n1. The summed E-state index contributed by atoms with van der Waals surface area (Å²) in [6.45, 7) is 4.05. The molecular formula is C17H23N5O3. The number of anilines is 3. The monoisotopic (exact) mass is 345 g/mol. The molecule has 8 heteroatoms. The van der Waals surface area contributed by atoms with Crippen LogP contribution in [0.25, 0.3) is 0 Å². The first-order chi connectivity index (χ1) is 12.0. The van der Waals surface area contributed by atoms with Gasteiger partial charge in [-0.15, -0.1) is 0 Å². The summed E-state index contributed by atoms with van der Waals surface area (Å²) in [6.07, 6.45) is 1.14. The van der Waals surface area contributed by atoms with E-state index in [9.17, 15) is 4.79 Å². The van der Waals surface area contributed by atoms with E-state index in [1.165, 1.54) is 0 Å². The lowest BCUT2D eigenvalue weighted by Gasteiger charge is -2.11. The number of nitrogens with two attached hydrogens (primary N) is 1. The van der Waals surface area contributed by atoms with Crippen LogP contribution in [0.4, 0.5) is 17.6 Å². The quantitative estimate of drug-likeness (QED) is 0.702. The first-order valence-corrected chi connectivity index (χ1v) is 8.04. The molecule has 1 aromatic heterocycles. The van der Waals surface area contributed by atoms with Crippen LogP contribution in [0.15, 0.2) is 24.3 Å². The van der Waals surface area contributed by atoms with Crippen molar-refractivity contribution in [1.82, 2.24) is 15.0 Å². The highest BCUT2D eigenvalue weighted by atomic mass is 16.5. The van der Waals surface area contributed by atoms with Gasteiger partial charge >= 0.3 is 5.97 Å². The fraction of sp³-hybridized carbons (Fsp3) is 0.412. The molecular weight excluding hydrogens is 322 g/mol. The van der Waals surface area contributed by atoms with E-state index in [0.717, 1.165) is 6.42 Å². The summed E-state index contributed by atoms with van der Waals surface area (Å²) in [5.74, 6) is 1.38. The third-order valence-electron chi connectivity index (χ3n) is 3.34. The number of esters is 1. The average molecular weight is 345 g/mol. The molecule has 0 amide bonds. The van der Waals surface area contributed by atoms with Gasteiger partial charge in [0.15, 0.2) is 12.4 Å². The van der Waals surface area contributed by atoms with Crippen LogP contribution in [0.1, 0.15) is 32.5 Å². The molecule has 0 radical (unpaired) electrons. The van der Waals surface area contributed by atoms with Crippen molar-refractivity contribution in [2.24, 2.45) is 5.92 Å². The third kappa shape index (κ3) is 5.91. The van der Waals surface area contributed by atoms with Gasteiger partial charge in [0.1, 0.15) is 5.75 Å². The Labute approximate surface area is 146 Å². The third-order valence-corrected chi connectivity index (χ3v) is 3.34. The molecule has 0 fully saturated rings. The standard InChI is InChI=1S/C17H23N5O3/c1-11(2)8-9-15(23)25-10-14-20-16(18)22-17(21-14)19-12-6-4-5-7-13(12)24-3/h4-7,11H,8-10H2,1-3H3,(H3,18,19,20,21,22). The Hall–Kier alpha value is -2.90. The molecule has 0 aliphatic carbocycles. The minimum atomic E-state index is -0.285. The zero-order chi connectivity index (χ0) is 18.2. The highest BCUT2D eigenvalue weighted by Crippen LogP contribution is 2.25. The van der Waals surface area contributed by atoms with E-state index in [0.29, 0.717) is 23.8 Å². The molecule has 134 valence electrons. The van der Waals surface area contributed by atoms with Crippen molar-refractivity contribution in [3.05, 3.63) is 30.1 Å². The lowest BCUT2D eigenvalue weighted by Crippen LogP contribution is -2.11. The smallest absolute Gasteiger partial charge is 0.306 e. The van der Waals surface area contributed by atoms with Gasteiger partial charge in [-0.05, 0) is 24.5 Å². The summed E-state index contributed by atoms with van der Waals surface area (Å²) in [6, 6.07) is 7.34. The first-order valence-electron chi connectivity index (χ1n) is 8.04. The van der Waals surface area contributed by atoms with Gasteiger partial charge in [-0.3, -0.25) is 4.79 Å². The number of hydrogen-bond acceptors (Lipinski definition) is 8. The lowest BCUT2D eigenvalue weighted by molar-refractivity contribution is -0.145. The molecule has 1 aromatic carbocycles. The van der Waals surface area contributed by atoms with Crippen molar-refractivity contribution in [3.8, 4) is 5.75 Å². The van der Waals surface area contributed by atoms with E-state index >= 15 is 0 Å². The lowest BCUT2D eigenvalue weighted by atomic mass is 10.1. The first kappa shape index (κ1) is 18.4. The second-order valence-electron chi connectivity index (χ2n) is 5.85. The summed E-state index contributed by atoms with van der Waals surface area (Å²) in [7, 11) is 1.57. The molecule has 0 saturated carbocycles. The summed E-state index contributed by atoms with van der Waals surface area (Å²) in [5, 5.41) is 3.02. The minimum absolute atomic E-state index is 0.0422. The van der Waals surface area contributed by atoms with Crippen LogP contribution in [-0.2, 0) is 16.1 Å². The second-order valence-corrected chi connectivity index (χ2v) is 5.85. The maximum Gasteiger partial charge on any atom is 0.306 e. The molecule has 0 bridgehead atoms. The van der Waals surface area contributed by atoms with E-state index in [4.69, 9.17) is 15.2 Å². The summed E-state index contributed by atoms with van der Waals surface area (Å²) in [5.41, 5.74) is 6.40. The maximum atomic E-state index is 11.7. The molecule has 0 unspecified atom stereocenters. The molecule has 25 heavy (non-hydrogen) atoms. The molecule has 2 rings (SSSR count). The number of ether oxygens (including phenoxy) is 2. The number of methoxy groups -OCH3 is 1. The molecule has 1 heterocycles. The zero-order valence-electron chi connectivity index (χ0n) is 14.7. The van der Waals surface area contributed by atoms with Crippen LogP contribution in [0.5, 0.6) is 5.75 Å². The molecule has 0 aliphatic heterocycles. The number of benzene rings is 1. The number of carbonyl (C=O) groups is 1. The van der Waals surface area contributed by atoms with E-state index in [1.807, 2.05) is 24.3 Å². The van der Waals surface area contributed by atoms with Gasteiger partial charge in [-0.1, -0.05) is 26.0 Å². The molecule has 0 aliphatic rings. The Morgan fingerprint density at radius 2 is 2.00 bits per heavy atom. The van der Waals surface area contributed by atoms with Crippen LogP contribution < -0.4 is 15.8 Å². The summed E-state index contributed by atoms with van der Waals surface area (Å²) >= 11 is 0. The van der Waals surface area contributed by atoms with Crippen LogP contribution in [0.2, 0.25) is 0 Å². The predicted molar refractivity (Wildman–Crippen MR) is 94.4 cm³/mol. The number of nitrogen functional groups attached to an aromatic ring is 1. The normalized spacial score (nSPS) is 10.6.